The van der Waals surface area contributed by atoms with Gasteiger partial charge < -0.3 is 21.3 Å². The number of carbonyl (C=O) groups excluding carboxylic acids is 2. The molecular weight excluding hydrogens is 258 g/mol. The number of piperazine rings is 1. The number of amides is 2. The fourth-order valence-electron chi connectivity index (χ4n) is 1.77. The van der Waals surface area contributed by atoms with Crippen molar-refractivity contribution in [3.63, 3.8) is 0 Å². The number of pyridine rings is 1. The largest absolute Gasteiger partial charge is 0.353 e. The molecule has 1 aliphatic rings. The summed E-state index contributed by atoms with van der Waals surface area (Å²) in [6, 6.07) is 3.52. The molecule has 2 heterocycles. The number of carbonyl (C=O) groups is 2. The molecule has 0 saturated carbocycles. The molecule has 0 aliphatic carbocycles. The number of anilines is 2. The molecule has 0 radical (unpaired) electrons. The number of rotatable bonds is 3. The number of hydrogen-bond donors (Lipinski definition) is 3. The number of aromatic nitrogens is 1. The highest BCUT2D eigenvalue weighted by molar-refractivity contribution is 5.97. The molecule has 2 rings (SSSR count). The highest BCUT2D eigenvalue weighted by Gasteiger charge is 2.22. The van der Waals surface area contributed by atoms with E-state index in [2.05, 4.69) is 15.6 Å². The molecule has 1 aromatic heterocycles. The highest BCUT2D eigenvalue weighted by atomic mass is 16.2. The third kappa shape index (κ3) is 3.45. The van der Waals surface area contributed by atoms with E-state index in [9.17, 15) is 9.59 Å². The maximum Gasteiger partial charge on any atom is 0.243 e. The van der Waals surface area contributed by atoms with Crippen LogP contribution < -0.4 is 21.3 Å². The number of nitrogens with one attached hydrogen (secondary N) is 2. The Hall–Kier alpha value is -2.15. The van der Waals surface area contributed by atoms with Crippen LogP contribution in [0.3, 0.4) is 0 Å². The third-order valence-corrected chi connectivity index (χ3v) is 2.95. The first-order valence-corrected chi connectivity index (χ1v) is 6.44. The van der Waals surface area contributed by atoms with Gasteiger partial charge in [-0.25, -0.2) is 4.98 Å². The van der Waals surface area contributed by atoms with Gasteiger partial charge in [-0.1, -0.05) is 0 Å². The summed E-state index contributed by atoms with van der Waals surface area (Å²) in [6.07, 6.45) is 1.56. The Balaban J connectivity index is 2.03. The molecule has 4 N–H and O–H groups in total. The van der Waals surface area contributed by atoms with Crippen LogP contribution in [0, 0.1) is 0 Å². The standard InChI is InChI=1S/C13H19N5O2/c1-13(2,14)12(20)17-9-3-4-10(16-7-9)18-6-5-15-11(19)8-18/h3-4,7H,5-6,8,14H2,1-2H3,(H,15,19)(H,17,20). The molecule has 20 heavy (non-hydrogen) atoms. The van der Waals surface area contributed by atoms with Crippen LogP contribution in [0.2, 0.25) is 0 Å². The molecule has 0 bridgehead atoms. The van der Waals surface area contributed by atoms with Gasteiger partial charge in [-0.15, -0.1) is 0 Å². The van der Waals surface area contributed by atoms with Crippen molar-refractivity contribution in [2.24, 2.45) is 5.73 Å². The summed E-state index contributed by atoms with van der Waals surface area (Å²) >= 11 is 0. The molecule has 2 amide bonds. The van der Waals surface area contributed by atoms with E-state index in [0.717, 1.165) is 6.54 Å². The molecule has 0 unspecified atom stereocenters. The Morgan fingerprint density at radius 1 is 1.50 bits per heavy atom. The molecule has 1 saturated heterocycles. The van der Waals surface area contributed by atoms with Gasteiger partial charge in [0.25, 0.3) is 0 Å². The quantitative estimate of drug-likeness (QED) is 0.704. The van der Waals surface area contributed by atoms with Gasteiger partial charge >= 0.3 is 0 Å². The molecule has 1 aliphatic heterocycles. The van der Waals surface area contributed by atoms with Crippen molar-refractivity contribution in [2.75, 3.05) is 29.9 Å². The van der Waals surface area contributed by atoms with Gasteiger partial charge in [0.1, 0.15) is 5.82 Å². The minimum absolute atomic E-state index is 0.0136. The second-order valence-electron chi connectivity index (χ2n) is 5.35. The van der Waals surface area contributed by atoms with Crippen molar-refractivity contribution >= 4 is 23.3 Å². The van der Waals surface area contributed by atoms with Crippen LogP contribution in [0.4, 0.5) is 11.5 Å². The Kier molecular flexibility index (Phi) is 3.89. The van der Waals surface area contributed by atoms with Gasteiger partial charge in [-0.3, -0.25) is 9.59 Å². The second kappa shape index (κ2) is 5.46. The van der Waals surface area contributed by atoms with E-state index < -0.39 is 5.54 Å². The smallest absolute Gasteiger partial charge is 0.243 e. The van der Waals surface area contributed by atoms with Crippen LogP contribution in [0.25, 0.3) is 0 Å². The number of hydrogen-bond acceptors (Lipinski definition) is 5. The fraction of sp³-hybridized carbons (Fsp3) is 0.462. The second-order valence-corrected chi connectivity index (χ2v) is 5.35. The first-order valence-electron chi connectivity index (χ1n) is 6.44. The summed E-state index contributed by atoms with van der Waals surface area (Å²) in [7, 11) is 0. The van der Waals surface area contributed by atoms with Crippen molar-refractivity contribution in [3.05, 3.63) is 18.3 Å². The number of nitrogens with zero attached hydrogens (tertiary/aromatic N) is 2. The fourth-order valence-corrected chi connectivity index (χ4v) is 1.77. The lowest BCUT2D eigenvalue weighted by Crippen LogP contribution is -2.48. The first-order chi connectivity index (χ1) is 9.36. The summed E-state index contributed by atoms with van der Waals surface area (Å²) in [4.78, 5) is 29.2. The molecule has 1 fully saturated rings. The molecule has 7 nitrogen and oxygen atoms in total. The summed E-state index contributed by atoms with van der Waals surface area (Å²) in [5.74, 6) is 0.426. The van der Waals surface area contributed by atoms with E-state index in [4.69, 9.17) is 5.73 Å². The summed E-state index contributed by atoms with van der Waals surface area (Å²) in [5.41, 5.74) is 5.35. The Morgan fingerprint density at radius 3 is 2.80 bits per heavy atom. The zero-order chi connectivity index (χ0) is 14.8. The van der Waals surface area contributed by atoms with E-state index in [1.54, 1.807) is 32.2 Å². The van der Waals surface area contributed by atoms with Crippen LogP contribution in [0.15, 0.2) is 18.3 Å². The topological polar surface area (TPSA) is 100 Å². The summed E-state index contributed by atoms with van der Waals surface area (Å²) < 4.78 is 0. The molecular formula is C13H19N5O2. The van der Waals surface area contributed by atoms with E-state index in [1.807, 2.05) is 4.90 Å². The molecule has 0 atom stereocenters. The predicted molar refractivity (Wildman–Crippen MR) is 76.4 cm³/mol. The van der Waals surface area contributed by atoms with Gasteiger partial charge in [0, 0.05) is 13.1 Å². The predicted octanol–water partition coefficient (Wildman–Crippen LogP) is -0.306. The third-order valence-electron chi connectivity index (χ3n) is 2.95. The SMILES string of the molecule is CC(C)(N)C(=O)Nc1ccc(N2CCNC(=O)C2)nc1. The maximum atomic E-state index is 11.7. The van der Waals surface area contributed by atoms with Gasteiger partial charge in [0.15, 0.2) is 0 Å². The van der Waals surface area contributed by atoms with Crippen LogP contribution in [0.5, 0.6) is 0 Å². The Labute approximate surface area is 117 Å². The molecule has 0 spiro atoms. The normalized spacial score (nSPS) is 15.8. The first kappa shape index (κ1) is 14.3. The van der Waals surface area contributed by atoms with E-state index in [-0.39, 0.29) is 11.8 Å². The van der Waals surface area contributed by atoms with Crippen LogP contribution >= 0.6 is 0 Å². The minimum atomic E-state index is -0.941. The zero-order valence-corrected chi connectivity index (χ0v) is 11.6. The average Bonchev–Trinajstić information content (AvgIpc) is 2.38. The van der Waals surface area contributed by atoms with Crippen molar-refractivity contribution in [2.45, 2.75) is 19.4 Å². The van der Waals surface area contributed by atoms with Crippen LogP contribution in [-0.4, -0.2) is 42.0 Å². The Bertz CT molecular complexity index is 506. The van der Waals surface area contributed by atoms with Gasteiger partial charge in [0.05, 0.1) is 24.0 Å². The lowest BCUT2D eigenvalue weighted by molar-refractivity contribution is -0.121. The molecule has 1 aromatic rings. The summed E-state index contributed by atoms with van der Waals surface area (Å²) in [6.45, 7) is 4.90. The lowest BCUT2D eigenvalue weighted by Gasteiger charge is -2.27. The molecule has 108 valence electrons. The monoisotopic (exact) mass is 277 g/mol. The molecule has 7 heteroatoms. The average molecular weight is 277 g/mol. The number of nitrogens with two attached hydrogens (primary N) is 1. The van der Waals surface area contributed by atoms with Crippen molar-refractivity contribution < 1.29 is 9.59 Å². The van der Waals surface area contributed by atoms with Crippen LogP contribution in [-0.2, 0) is 9.59 Å². The van der Waals surface area contributed by atoms with Crippen molar-refractivity contribution in [1.82, 2.24) is 10.3 Å². The van der Waals surface area contributed by atoms with E-state index in [0.29, 0.717) is 24.6 Å². The van der Waals surface area contributed by atoms with Gasteiger partial charge in [-0.05, 0) is 26.0 Å². The molecule has 0 aromatic carbocycles. The van der Waals surface area contributed by atoms with E-state index in [1.165, 1.54) is 0 Å². The van der Waals surface area contributed by atoms with Gasteiger partial charge in [-0.2, -0.15) is 0 Å². The van der Waals surface area contributed by atoms with E-state index >= 15 is 0 Å². The highest BCUT2D eigenvalue weighted by Crippen LogP contribution is 2.15. The Morgan fingerprint density at radius 2 is 2.25 bits per heavy atom. The minimum Gasteiger partial charge on any atom is -0.353 e. The van der Waals surface area contributed by atoms with Gasteiger partial charge in [0.2, 0.25) is 11.8 Å². The lowest BCUT2D eigenvalue weighted by atomic mass is 10.1. The maximum absolute atomic E-state index is 11.7. The van der Waals surface area contributed by atoms with Crippen molar-refractivity contribution in [3.8, 4) is 0 Å². The summed E-state index contributed by atoms with van der Waals surface area (Å²) in [5, 5.41) is 5.45. The van der Waals surface area contributed by atoms with Crippen LogP contribution in [0.1, 0.15) is 13.8 Å². The van der Waals surface area contributed by atoms with Crippen molar-refractivity contribution in [1.29, 1.82) is 0 Å². The zero-order valence-electron chi connectivity index (χ0n) is 11.6.